The standard InChI is InChI=1S/C18H20N2O3S/c1-12-4-5-15-14(10-12)13(2)17(23-15)18(21)20(7-8-22-3)11-16-19-6-9-24-16/h4-6,9-10H,7-8,11H2,1-3H3. The maximum absolute atomic E-state index is 13.0. The van der Waals surface area contributed by atoms with Crippen LogP contribution in [0.25, 0.3) is 11.0 Å². The Morgan fingerprint density at radius 3 is 2.92 bits per heavy atom. The molecule has 3 aromatic rings. The number of ether oxygens (including phenoxy) is 1. The van der Waals surface area contributed by atoms with Gasteiger partial charge in [-0.3, -0.25) is 4.79 Å². The average Bonchev–Trinajstić information content (AvgIpc) is 3.19. The van der Waals surface area contributed by atoms with Crippen LogP contribution in [-0.4, -0.2) is 36.1 Å². The minimum Gasteiger partial charge on any atom is -0.451 e. The zero-order chi connectivity index (χ0) is 17.1. The van der Waals surface area contributed by atoms with Crippen LogP contribution < -0.4 is 0 Å². The van der Waals surface area contributed by atoms with Crippen molar-refractivity contribution in [2.75, 3.05) is 20.3 Å². The third kappa shape index (κ3) is 3.34. The molecule has 24 heavy (non-hydrogen) atoms. The van der Waals surface area contributed by atoms with Gasteiger partial charge < -0.3 is 14.1 Å². The number of aryl methyl sites for hydroxylation is 2. The molecule has 1 amide bonds. The monoisotopic (exact) mass is 344 g/mol. The van der Waals surface area contributed by atoms with E-state index in [9.17, 15) is 4.79 Å². The second-order valence-corrected chi connectivity index (χ2v) is 6.68. The van der Waals surface area contributed by atoms with Crippen LogP contribution in [0.5, 0.6) is 0 Å². The number of benzene rings is 1. The van der Waals surface area contributed by atoms with Crippen molar-refractivity contribution in [3.05, 3.63) is 51.7 Å². The molecule has 5 nitrogen and oxygen atoms in total. The van der Waals surface area contributed by atoms with E-state index < -0.39 is 0 Å². The topological polar surface area (TPSA) is 55.6 Å². The smallest absolute Gasteiger partial charge is 0.290 e. The number of rotatable bonds is 6. The zero-order valence-corrected chi connectivity index (χ0v) is 14.9. The van der Waals surface area contributed by atoms with Gasteiger partial charge in [-0.05, 0) is 26.0 Å². The third-order valence-electron chi connectivity index (χ3n) is 3.95. The quantitative estimate of drug-likeness (QED) is 0.682. The van der Waals surface area contributed by atoms with Crippen molar-refractivity contribution in [1.29, 1.82) is 0 Å². The fourth-order valence-corrected chi connectivity index (χ4v) is 3.26. The second kappa shape index (κ2) is 7.15. The number of nitrogens with zero attached hydrogens (tertiary/aromatic N) is 2. The Balaban J connectivity index is 1.92. The van der Waals surface area contributed by atoms with E-state index in [1.165, 1.54) is 11.3 Å². The molecule has 0 bridgehead atoms. The van der Waals surface area contributed by atoms with Crippen molar-refractivity contribution in [3.63, 3.8) is 0 Å². The van der Waals surface area contributed by atoms with Crippen LogP contribution in [0.15, 0.2) is 34.2 Å². The molecule has 0 saturated carbocycles. The predicted molar refractivity (Wildman–Crippen MR) is 94.4 cm³/mol. The lowest BCUT2D eigenvalue weighted by Gasteiger charge is -2.20. The first kappa shape index (κ1) is 16.7. The number of carbonyl (C=O) groups excluding carboxylic acids is 1. The van der Waals surface area contributed by atoms with Crippen LogP contribution in [0.3, 0.4) is 0 Å². The highest BCUT2D eigenvalue weighted by Gasteiger charge is 2.24. The maximum Gasteiger partial charge on any atom is 0.290 e. The minimum atomic E-state index is -0.131. The lowest BCUT2D eigenvalue weighted by Crippen LogP contribution is -2.33. The molecule has 0 spiro atoms. The first-order valence-corrected chi connectivity index (χ1v) is 8.64. The molecule has 0 atom stereocenters. The van der Waals surface area contributed by atoms with Gasteiger partial charge in [0.2, 0.25) is 0 Å². The molecule has 2 heterocycles. The summed E-state index contributed by atoms with van der Waals surface area (Å²) in [6.45, 7) is 5.37. The van der Waals surface area contributed by atoms with Gasteiger partial charge >= 0.3 is 0 Å². The van der Waals surface area contributed by atoms with E-state index in [0.29, 0.717) is 25.5 Å². The van der Waals surface area contributed by atoms with Gasteiger partial charge in [-0.2, -0.15) is 0 Å². The summed E-state index contributed by atoms with van der Waals surface area (Å²) in [5.41, 5.74) is 2.76. The Morgan fingerprint density at radius 2 is 2.21 bits per heavy atom. The second-order valence-electron chi connectivity index (χ2n) is 5.70. The number of furan rings is 1. The minimum absolute atomic E-state index is 0.131. The highest BCUT2D eigenvalue weighted by atomic mass is 32.1. The Kier molecular flexibility index (Phi) is 4.97. The molecule has 0 aliphatic rings. The predicted octanol–water partition coefficient (Wildman–Crippen LogP) is 3.79. The van der Waals surface area contributed by atoms with Gasteiger partial charge in [0.15, 0.2) is 5.76 Å². The van der Waals surface area contributed by atoms with E-state index in [1.807, 2.05) is 37.4 Å². The zero-order valence-electron chi connectivity index (χ0n) is 14.0. The van der Waals surface area contributed by atoms with E-state index >= 15 is 0 Å². The van der Waals surface area contributed by atoms with Crippen molar-refractivity contribution in [1.82, 2.24) is 9.88 Å². The molecule has 0 aliphatic heterocycles. The summed E-state index contributed by atoms with van der Waals surface area (Å²) in [4.78, 5) is 19.0. The van der Waals surface area contributed by atoms with Gasteiger partial charge in [-0.1, -0.05) is 11.6 Å². The molecular formula is C18H20N2O3S. The van der Waals surface area contributed by atoms with Gasteiger partial charge in [0.1, 0.15) is 10.6 Å². The van der Waals surface area contributed by atoms with Crippen molar-refractivity contribution in [3.8, 4) is 0 Å². The molecule has 3 rings (SSSR count). The van der Waals surface area contributed by atoms with Gasteiger partial charge in [-0.15, -0.1) is 11.3 Å². The van der Waals surface area contributed by atoms with Crippen LogP contribution in [0.4, 0.5) is 0 Å². The third-order valence-corrected chi connectivity index (χ3v) is 4.71. The Hall–Kier alpha value is -2.18. The highest BCUT2D eigenvalue weighted by molar-refractivity contribution is 7.09. The van der Waals surface area contributed by atoms with Crippen molar-refractivity contribution < 1.29 is 13.9 Å². The van der Waals surface area contributed by atoms with Crippen LogP contribution in [0.2, 0.25) is 0 Å². The van der Waals surface area contributed by atoms with E-state index in [-0.39, 0.29) is 5.91 Å². The summed E-state index contributed by atoms with van der Waals surface area (Å²) in [5.74, 6) is 0.261. The lowest BCUT2D eigenvalue weighted by atomic mass is 10.1. The average molecular weight is 344 g/mol. The summed E-state index contributed by atoms with van der Waals surface area (Å²) in [6, 6.07) is 5.94. The van der Waals surface area contributed by atoms with E-state index in [0.717, 1.165) is 27.1 Å². The maximum atomic E-state index is 13.0. The molecule has 1 aromatic carbocycles. The van der Waals surface area contributed by atoms with Crippen LogP contribution in [-0.2, 0) is 11.3 Å². The van der Waals surface area contributed by atoms with E-state index in [4.69, 9.17) is 9.15 Å². The van der Waals surface area contributed by atoms with Gasteiger partial charge in [0, 0.05) is 36.2 Å². The molecule has 0 unspecified atom stereocenters. The summed E-state index contributed by atoms with van der Waals surface area (Å²) < 4.78 is 11.0. The molecule has 0 saturated heterocycles. The van der Waals surface area contributed by atoms with Crippen molar-refractivity contribution in [2.24, 2.45) is 0 Å². The first-order valence-electron chi connectivity index (χ1n) is 7.76. The number of thiazole rings is 1. The first-order chi connectivity index (χ1) is 11.6. The largest absolute Gasteiger partial charge is 0.451 e. The molecule has 126 valence electrons. The number of fused-ring (bicyclic) bond motifs is 1. The Morgan fingerprint density at radius 1 is 1.38 bits per heavy atom. The number of hydrogen-bond acceptors (Lipinski definition) is 5. The van der Waals surface area contributed by atoms with Crippen LogP contribution in [0.1, 0.15) is 26.7 Å². The lowest BCUT2D eigenvalue weighted by molar-refractivity contribution is 0.0650. The molecule has 0 fully saturated rings. The number of hydrogen-bond donors (Lipinski definition) is 0. The fourth-order valence-electron chi connectivity index (χ4n) is 2.63. The fraction of sp³-hybridized carbons (Fsp3) is 0.333. The highest BCUT2D eigenvalue weighted by Crippen LogP contribution is 2.27. The van der Waals surface area contributed by atoms with Gasteiger partial charge in [-0.25, -0.2) is 4.98 Å². The summed E-state index contributed by atoms with van der Waals surface area (Å²) in [6.07, 6.45) is 1.74. The number of methoxy groups -OCH3 is 1. The number of carbonyl (C=O) groups is 1. The van der Waals surface area contributed by atoms with Crippen molar-refractivity contribution in [2.45, 2.75) is 20.4 Å². The van der Waals surface area contributed by atoms with Crippen LogP contribution >= 0.6 is 11.3 Å². The Bertz CT molecular complexity index is 839. The number of aromatic nitrogens is 1. The summed E-state index contributed by atoms with van der Waals surface area (Å²) in [7, 11) is 1.63. The van der Waals surface area contributed by atoms with Crippen molar-refractivity contribution >= 4 is 28.2 Å². The van der Waals surface area contributed by atoms with E-state index in [1.54, 1.807) is 18.2 Å². The molecule has 0 aliphatic carbocycles. The van der Waals surface area contributed by atoms with E-state index in [2.05, 4.69) is 4.98 Å². The molecular weight excluding hydrogens is 324 g/mol. The normalized spacial score (nSPS) is 11.1. The van der Waals surface area contributed by atoms with Gasteiger partial charge in [0.25, 0.3) is 5.91 Å². The molecule has 0 N–H and O–H groups in total. The number of amides is 1. The SMILES string of the molecule is COCCN(Cc1nccs1)C(=O)c1oc2ccc(C)cc2c1C. The molecule has 2 aromatic heterocycles. The van der Waals surface area contributed by atoms with Gasteiger partial charge in [0.05, 0.1) is 13.2 Å². The summed E-state index contributed by atoms with van der Waals surface area (Å²) >= 11 is 1.53. The molecule has 0 radical (unpaired) electrons. The summed E-state index contributed by atoms with van der Waals surface area (Å²) in [5, 5.41) is 3.78. The Labute approximate surface area is 144 Å². The van der Waals surface area contributed by atoms with Crippen LogP contribution in [0, 0.1) is 13.8 Å². The molecule has 6 heteroatoms.